The first kappa shape index (κ1) is 35.6. The average Bonchev–Trinajstić information content (AvgIpc) is 3.84. The number of pyridine rings is 2. The van der Waals surface area contributed by atoms with Gasteiger partial charge in [0.1, 0.15) is 11.4 Å². The third-order valence-corrected chi connectivity index (χ3v) is 11.7. The van der Waals surface area contributed by atoms with Crippen molar-refractivity contribution >= 4 is 23.6 Å². The Kier molecular flexibility index (Phi) is 9.49. The molecule has 12 heteroatoms. The summed E-state index contributed by atoms with van der Waals surface area (Å²) < 4.78 is 11.7. The fourth-order valence-electron chi connectivity index (χ4n) is 8.19. The van der Waals surface area contributed by atoms with Gasteiger partial charge in [-0.2, -0.15) is 0 Å². The van der Waals surface area contributed by atoms with Crippen molar-refractivity contribution in [3.8, 4) is 0 Å². The predicted molar refractivity (Wildman–Crippen MR) is 199 cm³/mol. The molecule has 9 atom stereocenters. The zero-order valence-corrected chi connectivity index (χ0v) is 30.7. The monoisotopic (exact) mass is 728 g/mol. The van der Waals surface area contributed by atoms with Crippen LogP contribution in [-0.2, 0) is 9.47 Å². The molecule has 4 N–H and O–H groups in total. The van der Waals surface area contributed by atoms with Gasteiger partial charge in [-0.15, -0.1) is 0 Å². The Hall–Kier alpha value is -5.46. The third kappa shape index (κ3) is 6.75. The zero-order chi connectivity index (χ0) is 37.7. The van der Waals surface area contributed by atoms with E-state index in [-0.39, 0.29) is 76.9 Å². The number of amides is 4. The van der Waals surface area contributed by atoms with E-state index >= 15 is 0 Å². The Labute approximate surface area is 313 Å². The molecular weight excluding hydrogens is 684 g/mol. The Morgan fingerprint density at radius 2 is 1.19 bits per heavy atom. The Morgan fingerprint density at radius 1 is 0.630 bits per heavy atom. The second kappa shape index (κ2) is 14.4. The van der Waals surface area contributed by atoms with Gasteiger partial charge in [-0.3, -0.25) is 19.2 Å². The van der Waals surface area contributed by atoms with Crippen molar-refractivity contribution in [3.63, 3.8) is 0 Å². The number of carbonyl (C=O) groups excluding carboxylic acids is 4. The van der Waals surface area contributed by atoms with Crippen LogP contribution in [0.15, 0.2) is 78.9 Å². The highest BCUT2D eigenvalue weighted by molar-refractivity contribution is 6.00. The van der Waals surface area contributed by atoms with E-state index in [1.165, 1.54) is 0 Å². The average molecular weight is 729 g/mol. The maximum absolute atomic E-state index is 13.7. The van der Waals surface area contributed by atoms with E-state index in [0.717, 1.165) is 16.7 Å². The molecule has 2 aliphatic carbocycles. The van der Waals surface area contributed by atoms with Crippen molar-refractivity contribution in [3.05, 3.63) is 129 Å². The largest absolute Gasteiger partial charge is 0.381 e. The summed E-state index contributed by atoms with van der Waals surface area (Å²) >= 11 is 0. The Bertz CT molecular complexity index is 2120. The highest BCUT2D eigenvalue weighted by Gasteiger charge is 2.60. The van der Waals surface area contributed by atoms with Crippen molar-refractivity contribution < 1.29 is 28.7 Å². The number of benzene rings is 2. The van der Waals surface area contributed by atoms with Crippen LogP contribution >= 0.6 is 0 Å². The van der Waals surface area contributed by atoms with E-state index in [1.54, 1.807) is 38.4 Å². The highest BCUT2D eigenvalue weighted by Crippen LogP contribution is 2.55. The lowest BCUT2D eigenvalue weighted by Gasteiger charge is -2.20. The van der Waals surface area contributed by atoms with Gasteiger partial charge in [-0.1, -0.05) is 68.4 Å². The molecule has 2 aromatic heterocycles. The molecule has 2 saturated heterocycles. The van der Waals surface area contributed by atoms with Gasteiger partial charge in [0, 0.05) is 84.2 Å². The summed E-state index contributed by atoms with van der Waals surface area (Å²) in [6.45, 7) is 5.85. The van der Waals surface area contributed by atoms with Gasteiger partial charge in [-0.25, -0.2) is 9.97 Å². The summed E-state index contributed by atoms with van der Waals surface area (Å²) in [5, 5.41) is 11.6. The first-order valence-corrected chi connectivity index (χ1v) is 18.6. The van der Waals surface area contributed by atoms with Crippen LogP contribution in [0.5, 0.6) is 0 Å². The van der Waals surface area contributed by atoms with Gasteiger partial charge < -0.3 is 30.7 Å². The molecule has 4 aliphatic rings. The molecule has 8 rings (SSSR count). The number of hydrogen-bond acceptors (Lipinski definition) is 8. The van der Waals surface area contributed by atoms with Crippen LogP contribution in [0.25, 0.3) is 0 Å². The van der Waals surface area contributed by atoms with Crippen molar-refractivity contribution in [1.29, 1.82) is 0 Å². The number of aromatic nitrogens is 2. The highest BCUT2D eigenvalue weighted by atomic mass is 16.5. The number of rotatable bonds is 11. The van der Waals surface area contributed by atoms with E-state index in [9.17, 15) is 19.2 Å². The van der Waals surface area contributed by atoms with Crippen LogP contribution in [-0.4, -0.2) is 79.6 Å². The summed E-state index contributed by atoms with van der Waals surface area (Å²) in [7, 11) is 3.09. The minimum atomic E-state index is -0.366. The zero-order valence-electron chi connectivity index (χ0n) is 30.7. The fraction of sp³-hybridized carbons (Fsp3) is 0.381. The number of nitrogens with one attached hydrogen (secondary N) is 4. The second-order valence-electron chi connectivity index (χ2n) is 14.9. The molecule has 4 aromatic rings. The molecule has 12 nitrogen and oxygen atoms in total. The summed E-state index contributed by atoms with van der Waals surface area (Å²) in [6, 6.07) is 24.6. The standard InChI is InChI=1S/C42H44N6O6/c1-21(23-9-6-5-7-10-23)31-14-27(17-33(45-31)41(51)43-3)40(50)48-37-30-20-54-38(35(30)37)25-12-8-11-24(13-25)22(2)32-15-26(16-34(46-32)42(52)44-4)39(49)47-36-28-18-53-19-29(28)36/h5-17,21-22,28-30,35-38H,18-20H2,1-4H3,(H,43,51)(H,44,52)(H,47,49)(H,48,50)/t21-,22+,28-,29+,30-,35?,36+,37+,38?/m0/s1. The molecule has 4 amide bonds. The van der Waals surface area contributed by atoms with Crippen LogP contribution in [0.4, 0.5) is 0 Å². The molecule has 54 heavy (non-hydrogen) atoms. The Morgan fingerprint density at radius 3 is 1.78 bits per heavy atom. The summed E-state index contributed by atoms with van der Waals surface area (Å²) in [5.74, 6) is -0.629. The Balaban J connectivity index is 0.985. The minimum absolute atomic E-state index is 0.0831. The van der Waals surface area contributed by atoms with E-state index < -0.39 is 0 Å². The quantitative estimate of drug-likeness (QED) is 0.181. The molecule has 2 aliphatic heterocycles. The van der Waals surface area contributed by atoms with Gasteiger partial charge >= 0.3 is 0 Å². The number of hydrogen-bond donors (Lipinski definition) is 4. The van der Waals surface area contributed by atoms with Gasteiger partial charge in [0.05, 0.1) is 25.9 Å². The lowest BCUT2D eigenvalue weighted by atomic mass is 9.92. The first-order chi connectivity index (χ1) is 26.1. The maximum Gasteiger partial charge on any atom is 0.269 e. The predicted octanol–water partition coefficient (Wildman–Crippen LogP) is 3.99. The smallest absolute Gasteiger partial charge is 0.269 e. The SMILES string of the molecule is CNC(=O)c1cc(C(=O)N[C@H]2[C@@H]3COC[C@@H]32)cc([C@H](C)c2cccc(C3OC[C@H]4C3[C@@H]4NC(=O)c3cc(C(=O)NC)nc([C@@H](C)c4ccccc4)c3)c2)n1. The van der Waals surface area contributed by atoms with E-state index in [2.05, 4.69) is 37.3 Å². The molecule has 4 fully saturated rings. The molecule has 0 bridgehead atoms. The number of nitrogens with zero attached hydrogens (tertiary/aromatic N) is 2. The molecule has 2 unspecified atom stereocenters. The van der Waals surface area contributed by atoms with Crippen LogP contribution in [0.1, 0.15) is 102 Å². The maximum atomic E-state index is 13.7. The lowest BCUT2D eigenvalue weighted by molar-refractivity contribution is 0.0688. The van der Waals surface area contributed by atoms with Gasteiger partial charge in [0.25, 0.3) is 23.6 Å². The van der Waals surface area contributed by atoms with Crippen molar-refractivity contribution in [2.75, 3.05) is 33.9 Å². The lowest BCUT2D eigenvalue weighted by Crippen LogP contribution is -2.31. The summed E-state index contributed by atoms with van der Waals surface area (Å²) in [4.78, 5) is 61.8. The van der Waals surface area contributed by atoms with Crippen molar-refractivity contribution in [2.45, 2.75) is 43.9 Å². The van der Waals surface area contributed by atoms with E-state index in [0.29, 0.717) is 54.2 Å². The molecule has 0 spiro atoms. The molecular formula is C42H44N6O6. The number of carbonyl (C=O) groups is 4. The van der Waals surface area contributed by atoms with Crippen LogP contribution in [0.2, 0.25) is 0 Å². The van der Waals surface area contributed by atoms with Gasteiger partial charge in [-0.05, 0) is 41.0 Å². The molecule has 278 valence electrons. The van der Waals surface area contributed by atoms with E-state index in [4.69, 9.17) is 9.47 Å². The molecule has 4 heterocycles. The molecule has 2 saturated carbocycles. The third-order valence-electron chi connectivity index (χ3n) is 11.7. The number of ether oxygens (including phenoxy) is 2. The van der Waals surface area contributed by atoms with Gasteiger partial charge in [0.15, 0.2) is 0 Å². The molecule has 0 radical (unpaired) electrons. The van der Waals surface area contributed by atoms with E-state index in [1.807, 2.05) is 62.4 Å². The normalized spacial score (nSPS) is 25.7. The van der Waals surface area contributed by atoms with Gasteiger partial charge in [0.2, 0.25) is 0 Å². The van der Waals surface area contributed by atoms with Crippen molar-refractivity contribution in [1.82, 2.24) is 31.2 Å². The van der Waals surface area contributed by atoms with Crippen LogP contribution in [0, 0.1) is 23.7 Å². The second-order valence-corrected chi connectivity index (χ2v) is 14.9. The minimum Gasteiger partial charge on any atom is -0.381 e. The van der Waals surface area contributed by atoms with Crippen molar-refractivity contribution in [2.24, 2.45) is 23.7 Å². The summed E-state index contributed by atoms with van der Waals surface area (Å²) in [5.41, 5.74) is 5.36. The number of fused-ring (bicyclic) bond motifs is 2. The topological polar surface area (TPSA) is 161 Å². The van der Waals surface area contributed by atoms with Crippen LogP contribution < -0.4 is 21.3 Å². The summed E-state index contributed by atoms with van der Waals surface area (Å²) in [6.07, 6.45) is -0.228. The van der Waals surface area contributed by atoms with Crippen LogP contribution in [0.3, 0.4) is 0 Å². The fourth-order valence-corrected chi connectivity index (χ4v) is 8.19. The first-order valence-electron chi connectivity index (χ1n) is 18.6. The molecule has 2 aromatic carbocycles.